The smallest absolute Gasteiger partial charge is 0.0656 e. The summed E-state index contributed by atoms with van der Waals surface area (Å²) in [5.74, 6) is 0. The van der Waals surface area contributed by atoms with Gasteiger partial charge in [-0.2, -0.15) is 0 Å². The second kappa shape index (κ2) is 6.17. The molecule has 0 radical (unpaired) electrons. The molecule has 0 N–H and O–H groups in total. The van der Waals surface area contributed by atoms with Crippen molar-refractivity contribution in [2.24, 2.45) is 0 Å². The number of hydrogen-bond acceptors (Lipinski definition) is 0. The lowest BCUT2D eigenvalue weighted by Gasteiger charge is -2.17. The Labute approximate surface area is 140 Å². The highest BCUT2D eigenvalue weighted by molar-refractivity contribution is 6.88. The van der Waals surface area contributed by atoms with Crippen LogP contribution < -0.4 is 5.19 Å². The SMILES string of the molecule is Cc1cccc(-c2cccc(-c3ccc([Si](C)(C)C)cc3)c2)c1. The first-order chi connectivity index (χ1) is 10.9. The van der Waals surface area contributed by atoms with Crippen LogP contribution in [0, 0.1) is 6.92 Å². The third-order valence-corrected chi connectivity index (χ3v) is 6.36. The van der Waals surface area contributed by atoms with E-state index in [4.69, 9.17) is 0 Å². The standard InChI is InChI=1S/C22H24Si/c1-17-7-5-8-19(15-17)21-10-6-9-20(16-21)18-11-13-22(14-12-18)23(2,3)4/h5-16H,1-4H3. The highest BCUT2D eigenvalue weighted by atomic mass is 28.3. The molecule has 3 aromatic carbocycles. The van der Waals surface area contributed by atoms with Crippen molar-refractivity contribution in [2.45, 2.75) is 26.6 Å². The van der Waals surface area contributed by atoms with Crippen LogP contribution in [0.5, 0.6) is 0 Å². The molecule has 0 saturated carbocycles. The minimum atomic E-state index is -1.23. The van der Waals surface area contributed by atoms with Gasteiger partial charge in [-0.15, -0.1) is 0 Å². The fraction of sp³-hybridized carbons (Fsp3) is 0.182. The van der Waals surface area contributed by atoms with E-state index < -0.39 is 8.07 Å². The molecule has 0 aliphatic rings. The molecule has 0 heterocycles. The third kappa shape index (κ3) is 3.62. The average Bonchev–Trinajstić information content (AvgIpc) is 2.54. The van der Waals surface area contributed by atoms with Gasteiger partial charge in [0.25, 0.3) is 0 Å². The number of benzene rings is 3. The molecular formula is C22H24Si. The first-order valence-electron chi connectivity index (χ1n) is 8.21. The molecule has 0 bridgehead atoms. The maximum atomic E-state index is 2.39. The Balaban J connectivity index is 1.97. The van der Waals surface area contributed by atoms with Crippen LogP contribution in [0.4, 0.5) is 0 Å². The van der Waals surface area contributed by atoms with E-state index in [1.807, 2.05) is 0 Å². The van der Waals surface area contributed by atoms with E-state index in [1.165, 1.54) is 33.0 Å². The van der Waals surface area contributed by atoms with Gasteiger partial charge in [0.05, 0.1) is 8.07 Å². The predicted octanol–water partition coefficient (Wildman–Crippen LogP) is 5.87. The van der Waals surface area contributed by atoms with Crippen LogP contribution in [0.25, 0.3) is 22.3 Å². The average molecular weight is 317 g/mol. The Morgan fingerprint density at radius 2 is 1.09 bits per heavy atom. The topological polar surface area (TPSA) is 0 Å². The van der Waals surface area contributed by atoms with Crippen molar-refractivity contribution in [1.82, 2.24) is 0 Å². The van der Waals surface area contributed by atoms with Gasteiger partial charge in [-0.25, -0.2) is 0 Å². The summed E-state index contributed by atoms with van der Waals surface area (Å²) in [5.41, 5.74) is 6.44. The minimum Gasteiger partial charge on any atom is -0.0656 e. The highest BCUT2D eigenvalue weighted by Crippen LogP contribution is 2.26. The third-order valence-electron chi connectivity index (χ3n) is 4.30. The van der Waals surface area contributed by atoms with Crippen molar-refractivity contribution < 1.29 is 0 Å². The van der Waals surface area contributed by atoms with Gasteiger partial charge < -0.3 is 0 Å². The normalized spacial score (nSPS) is 11.5. The number of aryl methyl sites for hydroxylation is 1. The molecule has 0 atom stereocenters. The Morgan fingerprint density at radius 1 is 0.565 bits per heavy atom. The van der Waals surface area contributed by atoms with Crippen molar-refractivity contribution in [3.8, 4) is 22.3 Å². The molecule has 116 valence electrons. The molecule has 23 heavy (non-hydrogen) atoms. The monoisotopic (exact) mass is 316 g/mol. The fourth-order valence-electron chi connectivity index (χ4n) is 2.87. The summed E-state index contributed by atoms with van der Waals surface area (Å²) in [4.78, 5) is 0. The Hall–Kier alpha value is -2.12. The van der Waals surface area contributed by atoms with Gasteiger partial charge in [0.2, 0.25) is 0 Å². The van der Waals surface area contributed by atoms with Gasteiger partial charge in [-0.05, 0) is 35.2 Å². The van der Waals surface area contributed by atoms with Crippen molar-refractivity contribution in [2.75, 3.05) is 0 Å². The maximum Gasteiger partial charge on any atom is 0.0775 e. The molecule has 0 spiro atoms. The highest BCUT2D eigenvalue weighted by Gasteiger charge is 2.15. The first kappa shape index (κ1) is 15.8. The molecule has 3 rings (SSSR count). The van der Waals surface area contributed by atoms with E-state index >= 15 is 0 Å². The molecule has 0 fully saturated rings. The quantitative estimate of drug-likeness (QED) is 0.530. The molecule has 0 aliphatic carbocycles. The Kier molecular flexibility index (Phi) is 4.23. The van der Waals surface area contributed by atoms with Gasteiger partial charge in [-0.1, -0.05) is 97.1 Å². The second-order valence-corrected chi connectivity index (χ2v) is 12.4. The van der Waals surface area contributed by atoms with Gasteiger partial charge in [-0.3, -0.25) is 0 Å². The van der Waals surface area contributed by atoms with Crippen LogP contribution in [-0.2, 0) is 0 Å². The Bertz CT molecular complexity index is 808. The Morgan fingerprint density at radius 3 is 1.65 bits per heavy atom. The van der Waals surface area contributed by atoms with Crippen molar-refractivity contribution >= 4 is 13.3 Å². The van der Waals surface area contributed by atoms with Crippen LogP contribution in [0.15, 0.2) is 72.8 Å². The van der Waals surface area contributed by atoms with Gasteiger partial charge in [0, 0.05) is 0 Å². The first-order valence-corrected chi connectivity index (χ1v) is 11.7. The molecule has 0 nitrogen and oxygen atoms in total. The zero-order valence-corrected chi connectivity index (χ0v) is 15.4. The van der Waals surface area contributed by atoms with E-state index in [-0.39, 0.29) is 0 Å². The summed E-state index contributed by atoms with van der Waals surface area (Å²) >= 11 is 0. The summed E-state index contributed by atoms with van der Waals surface area (Å²) in [6, 6.07) is 26.7. The van der Waals surface area contributed by atoms with Crippen LogP contribution in [0.1, 0.15) is 5.56 Å². The summed E-state index contributed by atoms with van der Waals surface area (Å²) < 4.78 is 0. The summed E-state index contributed by atoms with van der Waals surface area (Å²) in [7, 11) is -1.23. The fourth-order valence-corrected chi connectivity index (χ4v) is 4.03. The second-order valence-electron chi connectivity index (χ2n) is 7.28. The molecule has 1 heteroatoms. The van der Waals surface area contributed by atoms with E-state index in [0.29, 0.717) is 0 Å². The van der Waals surface area contributed by atoms with E-state index in [2.05, 4.69) is 99.4 Å². The van der Waals surface area contributed by atoms with Crippen LogP contribution in [-0.4, -0.2) is 8.07 Å². The molecule has 0 amide bonds. The summed E-state index contributed by atoms with van der Waals surface area (Å²) in [6.45, 7) is 9.31. The summed E-state index contributed by atoms with van der Waals surface area (Å²) in [6.07, 6.45) is 0. The van der Waals surface area contributed by atoms with E-state index in [9.17, 15) is 0 Å². The molecule has 3 aromatic rings. The zero-order valence-electron chi connectivity index (χ0n) is 14.4. The van der Waals surface area contributed by atoms with Gasteiger partial charge in [0.15, 0.2) is 0 Å². The lowest BCUT2D eigenvalue weighted by molar-refractivity contribution is 1.47. The molecular weight excluding hydrogens is 292 g/mol. The van der Waals surface area contributed by atoms with E-state index in [1.54, 1.807) is 0 Å². The van der Waals surface area contributed by atoms with Crippen LogP contribution >= 0.6 is 0 Å². The molecule has 0 aliphatic heterocycles. The molecule has 0 saturated heterocycles. The lowest BCUT2D eigenvalue weighted by Crippen LogP contribution is -2.37. The number of hydrogen-bond donors (Lipinski definition) is 0. The van der Waals surface area contributed by atoms with Gasteiger partial charge in [0.1, 0.15) is 0 Å². The van der Waals surface area contributed by atoms with Crippen molar-refractivity contribution in [3.63, 3.8) is 0 Å². The molecule has 0 aromatic heterocycles. The van der Waals surface area contributed by atoms with E-state index in [0.717, 1.165) is 0 Å². The minimum absolute atomic E-state index is 1.23. The lowest BCUT2D eigenvalue weighted by atomic mass is 9.98. The van der Waals surface area contributed by atoms with Crippen LogP contribution in [0.3, 0.4) is 0 Å². The molecule has 0 unspecified atom stereocenters. The van der Waals surface area contributed by atoms with Crippen LogP contribution in [0.2, 0.25) is 19.6 Å². The summed E-state index contributed by atoms with van der Waals surface area (Å²) in [5, 5.41) is 1.51. The van der Waals surface area contributed by atoms with Gasteiger partial charge >= 0.3 is 0 Å². The number of rotatable bonds is 3. The predicted molar refractivity (Wildman–Crippen MR) is 105 cm³/mol. The zero-order chi connectivity index (χ0) is 16.4. The van der Waals surface area contributed by atoms with Crippen molar-refractivity contribution in [1.29, 1.82) is 0 Å². The van der Waals surface area contributed by atoms with Crippen molar-refractivity contribution in [3.05, 3.63) is 78.4 Å². The maximum absolute atomic E-state index is 2.39. The largest absolute Gasteiger partial charge is 0.0775 e.